The summed E-state index contributed by atoms with van der Waals surface area (Å²) in [6.07, 6.45) is 1.60. The molecule has 8 nitrogen and oxygen atoms in total. The first-order valence-corrected chi connectivity index (χ1v) is 11.6. The van der Waals surface area contributed by atoms with Crippen molar-refractivity contribution in [2.45, 2.75) is 0 Å². The van der Waals surface area contributed by atoms with Crippen LogP contribution in [0.1, 0.15) is 10.5 Å². The third kappa shape index (κ3) is 4.43. The highest BCUT2D eigenvalue weighted by Crippen LogP contribution is 2.36. The molecule has 1 fully saturated rings. The van der Waals surface area contributed by atoms with Gasteiger partial charge in [0.15, 0.2) is 9.84 Å². The Hall–Kier alpha value is -2.62. The van der Waals surface area contributed by atoms with Crippen LogP contribution < -0.4 is 10.2 Å². The average molecular weight is 466 g/mol. The number of benzene rings is 1. The van der Waals surface area contributed by atoms with E-state index in [9.17, 15) is 13.2 Å². The summed E-state index contributed by atoms with van der Waals surface area (Å²) < 4.78 is 23.3. The predicted molar refractivity (Wildman–Crippen MR) is 117 cm³/mol. The highest BCUT2D eigenvalue weighted by molar-refractivity contribution is 7.91. The standard InChI is InChI=1S/C19H17Cl2N5O3S/c20-13-10-12(26-6-8-30(28,29)9-7-26)11-14(21)18(13)24-19(27)17-3-1-2-15(23-17)16-4-5-22-25-16/h1-5,10-11H,6-9H2,(H,22,25)(H,24,27). The summed E-state index contributed by atoms with van der Waals surface area (Å²) in [5.74, 6) is -0.296. The summed E-state index contributed by atoms with van der Waals surface area (Å²) in [6.45, 7) is 0.732. The first kappa shape index (κ1) is 20.6. The van der Waals surface area contributed by atoms with Crippen LogP contribution in [0, 0.1) is 0 Å². The minimum absolute atomic E-state index is 0.0824. The Labute approximate surface area is 183 Å². The van der Waals surface area contributed by atoms with E-state index >= 15 is 0 Å². The van der Waals surface area contributed by atoms with Gasteiger partial charge in [-0.15, -0.1) is 0 Å². The van der Waals surface area contributed by atoms with E-state index in [0.29, 0.717) is 30.2 Å². The zero-order chi connectivity index (χ0) is 21.3. The van der Waals surface area contributed by atoms with Gasteiger partial charge in [-0.25, -0.2) is 13.4 Å². The summed E-state index contributed by atoms with van der Waals surface area (Å²) in [7, 11) is -3.00. The van der Waals surface area contributed by atoms with E-state index < -0.39 is 15.7 Å². The van der Waals surface area contributed by atoms with Crippen LogP contribution in [0.25, 0.3) is 11.4 Å². The second-order valence-electron chi connectivity index (χ2n) is 6.76. The van der Waals surface area contributed by atoms with E-state index in [2.05, 4.69) is 20.5 Å². The maximum absolute atomic E-state index is 12.7. The van der Waals surface area contributed by atoms with Crippen LogP contribution in [-0.4, -0.2) is 54.1 Å². The number of carbonyl (C=O) groups is 1. The fraction of sp³-hybridized carbons (Fsp3) is 0.211. The Morgan fingerprint density at radius 1 is 1.10 bits per heavy atom. The molecular formula is C19H17Cl2N5O3S. The molecule has 2 N–H and O–H groups in total. The largest absolute Gasteiger partial charge is 0.369 e. The van der Waals surface area contributed by atoms with Crippen molar-refractivity contribution >= 4 is 50.3 Å². The van der Waals surface area contributed by atoms with Gasteiger partial charge in [0, 0.05) is 25.0 Å². The number of anilines is 2. The topological polar surface area (TPSA) is 108 Å². The van der Waals surface area contributed by atoms with Gasteiger partial charge in [0.1, 0.15) is 5.69 Å². The molecule has 1 amide bonds. The highest BCUT2D eigenvalue weighted by Gasteiger charge is 2.23. The first-order chi connectivity index (χ1) is 14.3. The highest BCUT2D eigenvalue weighted by atomic mass is 35.5. The molecule has 0 unspecified atom stereocenters. The molecule has 30 heavy (non-hydrogen) atoms. The molecule has 3 heterocycles. The number of rotatable bonds is 4. The second-order valence-corrected chi connectivity index (χ2v) is 9.87. The number of halogens is 2. The van der Waals surface area contributed by atoms with Crippen molar-refractivity contribution in [3.8, 4) is 11.4 Å². The van der Waals surface area contributed by atoms with Crippen LogP contribution in [0.5, 0.6) is 0 Å². The Bertz CT molecular complexity index is 1160. The minimum Gasteiger partial charge on any atom is -0.369 e. The van der Waals surface area contributed by atoms with Gasteiger partial charge in [-0.1, -0.05) is 29.3 Å². The Balaban J connectivity index is 1.54. The lowest BCUT2D eigenvalue weighted by Gasteiger charge is -2.29. The molecule has 156 valence electrons. The zero-order valence-corrected chi connectivity index (χ0v) is 17.9. The Morgan fingerprint density at radius 3 is 2.43 bits per heavy atom. The first-order valence-electron chi connectivity index (χ1n) is 9.05. The Kier molecular flexibility index (Phi) is 5.68. The number of hydrogen-bond acceptors (Lipinski definition) is 6. The van der Waals surface area contributed by atoms with Crippen LogP contribution in [-0.2, 0) is 9.84 Å². The molecule has 1 saturated heterocycles. The number of carbonyl (C=O) groups excluding carboxylic acids is 1. The molecule has 4 rings (SSSR count). The Morgan fingerprint density at radius 2 is 1.80 bits per heavy atom. The SMILES string of the molecule is O=C(Nc1c(Cl)cc(N2CCS(=O)(=O)CC2)cc1Cl)c1cccc(-c2ccn[nH]2)n1. The van der Waals surface area contributed by atoms with Gasteiger partial charge in [0.25, 0.3) is 5.91 Å². The lowest BCUT2D eigenvalue weighted by Crippen LogP contribution is -2.40. The fourth-order valence-electron chi connectivity index (χ4n) is 3.12. The summed E-state index contributed by atoms with van der Waals surface area (Å²) >= 11 is 12.8. The molecule has 11 heteroatoms. The van der Waals surface area contributed by atoms with Crippen LogP contribution in [0.4, 0.5) is 11.4 Å². The summed E-state index contributed by atoms with van der Waals surface area (Å²) in [6, 6.07) is 10.1. The number of pyridine rings is 1. The zero-order valence-electron chi connectivity index (χ0n) is 15.6. The summed E-state index contributed by atoms with van der Waals surface area (Å²) in [5, 5.41) is 9.89. The van der Waals surface area contributed by atoms with Gasteiger partial charge >= 0.3 is 0 Å². The van der Waals surface area contributed by atoms with Gasteiger partial charge in [-0.05, 0) is 30.3 Å². The van der Waals surface area contributed by atoms with Crippen molar-refractivity contribution in [2.75, 3.05) is 34.8 Å². The second kappa shape index (κ2) is 8.25. The molecule has 0 saturated carbocycles. The number of sulfone groups is 1. The number of nitrogens with one attached hydrogen (secondary N) is 2. The van der Waals surface area contributed by atoms with E-state index in [-0.39, 0.29) is 32.9 Å². The van der Waals surface area contributed by atoms with Crippen molar-refractivity contribution in [1.29, 1.82) is 0 Å². The third-order valence-electron chi connectivity index (χ3n) is 4.73. The van der Waals surface area contributed by atoms with Crippen molar-refractivity contribution in [1.82, 2.24) is 15.2 Å². The van der Waals surface area contributed by atoms with E-state index in [1.165, 1.54) is 0 Å². The van der Waals surface area contributed by atoms with Gasteiger partial charge in [0.05, 0.1) is 38.6 Å². The van der Waals surface area contributed by atoms with E-state index in [1.54, 1.807) is 42.6 Å². The number of aromatic amines is 1. The van der Waals surface area contributed by atoms with Crippen molar-refractivity contribution < 1.29 is 13.2 Å². The molecular weight excluding hydrogens is 449 g/mol. The molecule has 3 aromatic rings. The number of nitrogens with zero attached hydrogens (tertiary/aromatic N) is 3. The molecule has 1 aliphatic rings. The molecule has 1 aromatic carbocycles. The normalized spacial score (nSPS) is 15.7. The molecule has 0 bridgehead atoms. The van der Waals surface area contributed by atoms with Crippen LogP contribution >= 0.6 is 23.2 Å². The molecule has 0 radical (unpaired) electrons. The van der Waals surface area contributed by atoms with E-state index in [4.69, 9.17) is 23.2 Å². The van der Waals surface area contributed by atoms with Crippen LogP contribution in [0.15, 0.2) is 42.6 Å². The predicted octanol–water partition coefficient (Wildman–Crippen LogP) is 3.27. The van der Waals surface area contributed by atoms with E-state index in [1.807, 2.05) is 4.90 Å². The van der Waals surface area contributed by atoms with Gasteiger partial charge < -0.3 is 10.2 Å². The molecule has 1 aliphatic heterocycles. The van der Waals surface area contributed by atoms with Gasteiger partial charge in [0.2, 0.25) is 0 Å². The van der Waals surface area contributed by atoms with Gasteiger partial charge in [-0.2, -0.15) is 5.10 Å². The van der Waals surface area contributed by atoms with Crippen molar-refractivity contribution in [3.63, 3.8) is 0 Å². The number of amides is 1. The average Bonchev–Trinajstić information content (AvgIpc) is 3.25. The monoisotopic (exact) mass is 465 g/mol. The number of hydrogen-bond donors (Lipinski definition) is 2. The maximum atomic E-state index is 12.7. The lowest BCUT2D eigenvalue weighted by atomic mass is 10.2. The van der Waals surface area contributed by atoms with Crippen molar-refractivity contribution in [3.05, 3.63) is 58.3 Å². The third-order valence-corrected chi connectivity index (χ3v) is 6.94. The molecule has 0 atom stereocenters. The van der Waals surface area contributed by atoms with Crippen LogP contribution in [0.3, 0.4) is 0 Å². The smallest absolute Gasteiger partial charge is 0.274 e. The number of H-pyrrole nitrogens is 1. The quantitative estimate of drug-likeness (QED) is 0.611. The maximum Gasteiger partial charge on any atom is 0.274 e. The summed E-state index contributed by atoms with van der Waals surface area (Å²) in [5.41, 5.74) is 2.43. The molecule has 0 aliphatic carbocycles. The van der Waals surface area contributed by atoms with E-state index in [0.717, 1.165) is 0 Å². The lowest BCUT2D eigenvalue weighted by molar-refractivity contribution is 0.102. The fourth-order valence-corrected chi connectivity index (χ4v) is 4.89. The molecule has 0 spiro atoms. The number of aromatic nitrogens is 3. The minimum atomic E-state index is -3.00. The van der Waals surface area contributed by atoms with Crippen LogP contribution in [0.2, 0.25) is 10.0 Å². The van der Waals surface area contributed by atoms with Crippen molar-refractivity contribution in [2.24, 2.45) is 0 Å². The molecule has 2 aromatic heterocycles. The summed E-state index contributed by atoms with van der Waals surface area (Å²) in [4.78, 5) is 18.9. The van der Waals surface area contributed by atoms with Gasteiger partial charge in [-0.3, -0.25) is 9.89 Å².